The summed E-state index contributed by atoms with van der Waals surface area (Å²) in [6.45, 7) is 4.80. The van der Waals surface area contributed by atoms with Gasteiger partial charge in [0.15, 0.2) is 0 Å². The average Bonchev–Trinajstić information content (AvgIpc) is 3.03. The molecule has 156 valence electrons. The molecule has 4 nitrogen and oxygen atoms in total. The van der Waals surface area contributed by atoms with Crippen molar-refractivity contribution in [1.82, 2.24) is 0 Å². The molecule has 0 radical (unpaired) electrons. The summed E-state index contributed by atoms with van der Waals surface area (Å²) in [5.74, 6) is 0.544. The van der Waals surface area contributed by atoms with Crippen LogP contribution in [-0.4, -0.2) is 18.4 Å². The molecule has 0 aliphatic carbocycles. The van der Waals surface area contributed by atoms with Crippen LogP contribution in [0.15, 0.2) is 94.7 Å². The van der Waals surface area contributed by atoms with Crippen LogP contribution in [0.3, 0.4) is 0 Å². The van der Waals surface area contributed by atoms with Gasteiger partial charge in [-0.1, -0.05) is 74.1 Å². The van der Waals surface area contributed by atoms with E-state index in [4.69, 9.17) is 4.74 Å². The summed E-state index contributed by atoms with van der Waals surface area (Å²) in [6.07, 6.45) is 0. The molecule has 1 heterocycles. The molecule has 1 aliphatic rings. The third-order valence-corrected chi connectivity index (χ3v) is 5.84. The fourth-order valence-corrected chi connectivity index (χ4v) is 4.27. The summed E-state index contributed by atoms with van der Waals surface area (Å²) in [6, 6.07) is 26.0. The number of ether oxygens (including phenoxy) is 1. The Bertz CT molecular complexity index is 1110. The first-order chi connectivity index (χ1) is 15.0. The van der Waals surface area contributed by atoms with E-state index in [-0.39, 0.29) is 11.8 Å². The molecule has 2 amide bonds. The third kappa shape index (κ3) is 4.57. The van der Waals surface area contributed by atoms with E-state index in [9.17, 15) is 9.59 Å². The molecule has 0 unspecified atom stereocenters. The van der Waals surface area contributed by atoms with Gasteiger partial charge in [0.25, 0.3) is 11.8 Å². The number of carbonyl (C=O) groups is 2. The maximum atomic E-state index is 13.4. The maximum Gasteiger partial charge on any atom is 0.272 e. The van der Waals surface area contributed by atoms with Crippen molar-refractivity contribution in [2.45, 2.75) is 18.7 Å². The first-order valence-corrected chi connectivity index (χ1v) is 11.0. The molecule has 31 heavy (non-hydrogen) atoms. The number of thioether (sulfide) groups is 1. The van der Waals surface area contributed by atoms with Crippen LogP contribution in [-0.2, 0) is 9.59 Å². The predicted molar refractivity (Wildman–Crippen MR) is 125 cm³/mol. The SMILES string of the molecule is CC(C)COc1ccc(C2=C(Sc3ccccc3)C(=O)N(c3ccccc3)C2=O)cc1. The number of para-hydroxylation sites is 1. The van der Waals surface area contributed by atoms with Crippen molar-refractivity contribution in [2.75, 3.05) is 11.5 Å². The van der Waals surface area contributed by atoms with Crippen molar-refractivity contribution in [3.8, 4) is 5.75 Å². The Morgan fingerprint density at radius 3 is 2.03 bits per heavy atom. The maximum absolute atomic E-state index is 13.4. The van der Waals surface area contributed by atoms with Gasteiger partial charge < -0.3 is 4.74 Å². The number of carbonyl (C=O) groups excluding carboxylic acids is 2. The van der Waals surface area contributed by atoms with Crippen LogP contribution in [0.25, 0.3) is 5.57 Å². The second-order valence-corrected chi connectivity index (χ2v) is 8.71. The van der Waals surface area contributed by atoms with Crippen molar-refractivity contribution in [3.05, 3.63) is 95.4 Å². The van der Waals surface area contributed by atoms with Gasteiger partial charge in [0.2, 0.25) is 0 Å². The lowest BCUT2D eigenvalue weighted by atomic mass is 10.1. The largest absolute Gasteiger partial charge is 0.493 e. The summed E-state index contributed by atoms with van der Waals surface area (Å²) in [5, 5.41) is 0. The standard InChI is InChI=1S/C26H23NO3S/c1-18(2)17-30-21-15-13-19(14-16-21)23-24(31-22-11-7-4-8-12-22)26(29)27(25(23)28)20-9-5-3-6-10-20/h3-16,18H,17H2,1-2H3. The highest BCUT2D eigenvalue weighted by Crippen LogP contribution is 2.41. The number of hydrogen-bond acceptors (Lipinski definition) is 4. The summed E-state index contributed by atoms with van der Waals surface area (Å²) in [4.78, 5) is 29.4. The summed E-state index contributed by atoms with van der Waals surface area (Å²) >= 11 is 1.32. The van der Waals surface area contributed by atoms with Gasteiger partial charge in [-0.05, 0) is 47.9 Å². The lowest BCUT2D eigenvalue weighted by molar-refractivity contribution is -0.119. The van der Waals surface area contributed by atoms with E-state index in [1.165, 1.54) is 16.7 Å². The first-order valence-electron chi connectivity index (χ1n) is 10.2. The number of benzene rings is 3. The van der Waals surface area contributed by atoms with Gasteiger partial charge in [0, 0.05) is 4.90 Å². The van der Waals surface area contributed by atoms with Crippen molar-refractivity contribution < 1.29 is 14.3 Å². The number of anilines is 1. The van der Waals surface area contributed by atoms with Gasteiger partial charge in [0.05, 0.1) is 22.8 Å². The molecule has 0 fully saturated rings. The van der Waals surface area contributed by atoms with E-state index in [1.54, 1.807) is 12.1 Å². The van der Waals surface area contributed by atoms with E-state index in [0.717, 1.165) is 10.6 Å². The molecule has 0 saturated heterocycles. The monoisotopic (exact) mass is 429 g/mol. The summed E-state index contributed by atoms with van der Waals surface area (Å²) in [5.41, 5.74) is 1.68. The first kappa shape index (κ1) is 20.9. The van der Waals surface area contributed by atoms with Gasteiger partial charge in [-0.3, -0.25) is 9.59 Å². The number of hydrogen-bond donors (Lipinski definition) is 0. The Morgan fingerprint density at radius 2 is 1.42 bits per heavy atom. The molecule has 1 aliphatic heterocycles. The fraction of sp³-hybridized carbons (Fsp3) is 0.154. The van der Waals surface area contributed by atoms with Crippen LogP contribution >= 0.6 is 11.8 Å². The summed E-state index contributed by atoms with van der Waals surface area (Å²) in [7, 11) is 0. The normalized spacial score (nSPS) is 14.0. The zero-order valence-corrected chi connectivity index (χ0v) is 18.3. The van der Waals surface area contributed by atoms with E-state index in [1.807, 2.05) is 72.8 Å². The third-order valence-electron chi connectivity index (χ3n) is 4.75. The molecule has 4 rings (SSSR count). The second kappa shape index (κ2) is 9.23. The van der Waals surface area contributed by atoms with Crippen LogP contribution in [0.5, 0.6) is 5.75 Å². The molecule has 0 aromatic heterocycles. The Balaban J connectivity index is 1.72. The molecular weight excluding hydrogens is 406 g/mol. The Labute approximate surface area is 186 Å². The van der Waals surface area contributed by atoms with Crippen molar-refractivity contribution in [2.24, 2.45) is 5.92 Å². The minimum atomic E-state index is -0.314. The molecule has 0 N–H and O–H groups in total. The molecule has 3 aromatic rings. The topological polar surface area (TPSA) is 46.6 Å². The highest BCUT2D eigenvalue weighted by atomic mass is 32.2. The molecule has 0 atom stereocenters. The van der Waals surface area contributed by atoms with Gasteiger partial charge in [0.1, 0.15) is 5.75 Å². The van der Waals surface area contributed by atoms with Crippen molar-refractivity contribution in [3.63, 3.8) is 0 Å². The van der Waals surface area contributed by atoms with Crippen LogP contribution in [0.2, 0.25) is 0 Å². The molecule has 0 spiro atoms. The van der Waals surface area contributed by atoms with E-state index < -0.39 is 0 Å². The fourth-order valence-electron chi connectivity index (χ4n) is 3.26. The van der Waals surface area contributed by atoms with Crippen molar-refractivity contribution in [1.29, 1.82) is 0 Å². The predicted octanol–water partition coefficient (Wildman–Crippen LogP) is 5.80. The second-order valence-electron chi connectivity index (χ2n) is 7.63. The highest BCUT2D eigenvalue weighted by Gasteiger charge is 2.40. The lowest BCUT2D eigenvalue weighted by Crippen LogP contribution is -2.31. The Morgan fingerprint density at radius 1 is 0.806 bits per heavy atom. The number of rotatable bonds is 7. The smallest absolute Gasteiger partial charge is 0.272 e. The molecule has 0 saturated carbocycles. The van der Waals surface area contributed by atoms with Gasteiger partial charge >= 0.3 is 0 Å². The number of nitrogens with zero attached hydrogens (tertiary/aromatic N) is 1. The van der Waals surface area contributed by atoms with Gasteiger partial charge in [-0.25, -0.2) is 4.90 Å². The summed E-state index contributed by atoms with van der Waals surface area (Å²) < 4.78 is 5.76. The van der Waals surface area contributed by atoms with E-state index in [0.29, 0.717) is 34.3 Å². The quantitative estimate of drug-likeness (QED) is 0.446. The van der Waals surface area contributed by atoms with Crippen molar-refractivity contribution >= 4 is 34.8 Å². The van der Waals surface area contributed by atoms with Gasteiger partial charge in [-0.2, -0.15) is 0 Å². The van der Waals surface area contributed by atoms with Crippen LogP contribution in [0.4, 0.5) is 5.69 Å². The van der Waals surface area contributed by atoms with Gasteiger partial charge in [-0.15, -0.1) is 0 Å². The number of amides is 2. The van der Waals surface area contributed by atoms with Crippen LogP contribution < -0.4 is 9.64 Å². The zero-order chi connectivity index (χ0) is 21.8. The molecule has 0 bridgehead atoms. The molecule has 3 aromatic carbocycles. The van der Waals surface area contributed by atoms with Crippen LogP contribution in [0, 0.1) is 5.92 Å². The Hall–Kier alpha value is -3.31. The molecule has 5 heteroatoms. The minimum Gasteiger partial charge on any atom is -0.493 e. The average molecular weight is 430 g/mol. The van der Waals surface area contributed by atoms with E-state index in [2.05, 4.69) is 13.8 Å². The van der Waals surface area contributed by atoms with Crippen LogP contribution in [0.1, 0.15) is 19.4 Å². The molecular formula is C26H23NO3S. The van der Waals surface area contributed by atoms with E-state index >= 15 is 0 Å². The zero-order valence-electron chi connectivity index (χ0n) is 17.4. The highest BCUT2D eigenvalue weighted by molar-refractivity contribution is 8.04. The Kier molecular flexibility index (Phi) is 6.23. The number of imide groups is 1. The lowest BCUT2D eigenvalue weighted by Gasteiger charge is -2.15. The minimum absolute atomic E-state index is 0.305.